The van der Waals surface area contributed by atoms with Crippen LogP contribution in [0.4, 0.5) is 0 Å². The summed E-state index contributed by atoms with van der Waals surface area (Å²) in [6, 6.07) is -0.216. The van der Waals surface area contributed by atoms with Crippen molar-refractivity contribution in [3.63, 3.8) is 0 Å². The zero-order valence-electron chi connectivity index (χ0n) is 10.4. The second-order valence-electron chi connectivity index (χ2n) is 4.93. The molecule has 1 amide bonds. The molecular formula is C11H20N2O4S. The van der Waals surface area contributed by atoms with E-state index >= 15 is 0 Å². The summed E-state index contributed by atoms with van der Waals surface area (Å²) in [4.78, 5) is 11.6. The molecule has 2 fully saturated rings. The first kappa shape index (κ1) is 13.8. The van der Waals surface area contributed by atoms with E-state index in [4.69, 9.17) is 4.74 Å². The highest BCUT2D eigenvalue weighted by Crippen LogP contribution is 2.11. The SMILES string of the molecule is O=C(CNC[C@H]1CCCO1)N[C@@H]1CCS(=O)(=O)C1. The number of carbonyl (C=O) groups is 1. The number of hydrogen-bond donors (Lipinski definition) is 2. The molecule has 0 aromatic rings. The minimum absolute atomic E-state index is 0.0739. The van der Waals surface area contributed by atoms with Crippen LogP contribution in [0.25, 0.3) is 0 Å². The van der Waals surface area contributed by atoms with Gasteiger partial charge in [0.2, 0.25) is 5.91 Å². The maximum Gasteiger partial charge on any atom is 0.234 e. The van der Waals surface area contributed by atoms with Crippen molar-refractivity contribution in [2.45, 2.75) is 31.4 Å². The Labute approximate surface area is 107 Å². The lowest BCUT2D eigenvalue weighted by Gasteiger charge is -2.13. The number of carbonyl (C=O) groups excluding carboxylic acids is 1. The van der Waals surface area contributed by atoms with Crippen LogP contribution < -0.4 is 10.6 Å². The van der Waals surface area contributed by atoms with Crippen molar-refractivity contribution in [2.75, 3.05) is 31.2 Å². The minimum atomic E-state index is -2.93. The van der Waals surface area contributed by atoms with E-state index in [0.29, 0.717) is 13.0 Å². The molecule has 2 saturated heterocycles. The molecule has 104 valence electrons. The Morgan fingerprint density at radius 3 is 2.78 bits per heavy atom. The third-order valence-electron chi connectivity index (χ3n) is 3.28. The number of amides is 1. The van der Waals surface area contributed by atoms with Gasteiger partial charge in [0, 0.05) is 19.2 Å². The van der Waals surface area contributed by atoms with Crippen LogP contribution in [0.5, 0.6) is 0 Å². The molecule has 2 rings (SSSR count). The van der Waals surface area contributed by atoms with Crippen molar-refractivity contribution in [2.24, 2.45) is 0 Å². The fourth-order valence-corrected chi connectivity index (χ4v) is 4.01. The Hall–Kier alpha value is -0.660. The van der Waals surface area contributed by atoms with Gasteiger partial charge in [0.1, 0.15) is 0 Å². The summed E-state index contributed by atoms with van der Waals surface area (Å²) in [5, 5.41) is 5.77. The number of rotatable bonds is 5. The Morgan fingerprint density at radius 1 is 1.33 bits per heavy atom. The molecule has 18 heavy (non-hydrogen) atoms. The topological polar surface area (TPSA) is 84.5 Å². The molecule has 2 heterocycles. The monoisotopic (exact) mass is 276 g/mol. The van der Waals surface area contributed by atoms with Crippen LogP contribution in [0, 0.1) is 0 Å². The normalized spacial score (nSPS) is 30.4. The number of ether oxygens (including phenoxy) is 1. The molecule has 0 saturated carbocycles. The van der Waals surface area contributed by atoms with Gasteiger partial charge in [0.15, 0.2) is 9.84 Å². The van der Waals surface area contributed by atoms with E-state index in [2.05, 4.69) is 10.6 Å². The van der Waals surface area contributed by atoms with Crippen molar-refractivity contribution < 1.29 is 17.9 Å². The zero-order chi connectivity index (χ0) is 13.0. The van der Waals surface area contributed by atoms with Crippen LogP contribution in [0.15, 0.2) is 0 Å². The van der Waals surface area contributed by atoms with Crippen LogP contribution in [-0.2, 0) is 19.4 Å². The van der Waals surface area contributed by atoms with Gasteiger partial charge in [0.05, 0.1) is 24.2 Å². The van der Waals surface area contributed by atoms with Gasteiger partial charge in [-0.1, -0.05) is 0 Å². The van der Waals surface area contributed by atoms with E-state index < -0.39 is 9.84 Å². The fraction of sp³-hybridized carbons (Fsp3) is 0.909. The van der Waals surface area contributed by atoms with Gasteiger partial charge in [0.25, 0.3) is 0 Å². The van der Waals surface area contributed by atoms with E-state index in [1.165, 1.54) is 0 Å². The molecule has 0 aliphatic carbocycles. The van der Waals surface area contributed by atoms with Crippen LogP contribution >= 0.6 is 0 Å². The molecular weight excluding hydrogens is 256 g/mol. The average Bonchev–Trinajstić information content (AvgIpc) is 2.88. The smallest absolute Gasteiger partial charge is 0.234 e. The fourth-order valence-electron chi connectivity index (χ4n) is 2.34. The summed E-state index contributed by atoms with van der Waals surface area (Å²) < 4.78 is 27.9. The van der Waals surface area contributed by atoms with Crippen LogP contribution in [0.2, 0.25) is 0 Å². The Kier molecular flexibility index (Phi) is 4.58. The van der Waals surface area contributed by atoms with E-state index in [-0.39, 0.29) is 36.1 Å². The quantitative estimate of drug-likeness (QED) is 0.677. The molecule has 2 N–H and O–H groups in total. The van der Waals surface area contributed by atoms with Gasteiger partial charge < -0.3 is 15.4 Å². The highest BCUT2D eigenvalue weighted by Gasteiger charge is 2.28. The number of sulfone groups is 1. The van der Waals surface area contributed by atoms with Crippen LogP contribution in [0.1, 0.15) is 19.3 Å². The standard InChI is InChI=1S/C11H20N2O4S/c14-11(7-12-6-10-2-1-4-17-10)13-9-3-5-18(15,16)8-9/h9-10,12H,1-8H2,(H,13,14)/t9-,10-/m1/s1. The van der Waals surface area contributed by atoms with Crippen molar-refractivity contribution in [3.05, 3.63) is 0 Å². The number of nitrogens with one attached hydrogen (secondary N) is 2. The second kappa shape index (κ2) is 5.99. The maximum atomic E-state index is 11.6. The molecule has 6 nitrogen and oxygen atoms in total. The Bertz CT molecular complexity index is 390. The third kappa shape index (κ3) is 4.22. The molecule has 2 atom stereocenters. The van der Waals surface area contributed by atoms with E-state index in [1.54, 1.807) is 0 Å². The molecule has 0 aromatic carbocycles. The van der Waals surface area contributed by atoms with Gasteiger partial charge in [-0.25, -0.2) is 8.42 Å². The summed E-state index contributed by atoms with van der Waals surface area (Å²) in [7, 11) is -2.93. The largest absolute Gasteiger partial charge is 0.377 e. The van der Waals surface area contributed by atoms with Crippen molar-refractivity contribution in [1.82, 2.24) is 10.6 Å². The molecule has 7 heteroatoms. The lowest BCUT2D eigenvalue weighted by Crippen LogP contribution is -2.42. The second-order valence-corrected chi connectivity index (χ2v) is 7.16. The van der Waals surface area contributed by atoms with Crippen LogP contribution in [0.3, 0.4) is 0 Å². The first-order valence-electron chi connectivity index (χ1n) is 6.37. The minimum Gasteiger partial charge on any atom is -0.377 e. The number of hydrogen-bond acceptors (Lipinski definition) is 5. The maximum absolute atomic E-state index is 11.6. The van der Waals surface area contributed by atoms with Gasteiger partial charge >= 0.3 is 0 Å². The first-order valence-corrected chi connectivity index (χ1v) is 8.19. The van der Waals surface area contributed by atoms with Gasteiger partial charge in [-0.05, 0) is 19.3 Å². The van der Waals surface area contributed by atoms with E-state index in [1.807, 2.05) is 0 Å². The van der Waals surface area contributed by atoms with Crippen molar-refractivity contribution in [1.29, 1.82) is 0 Å². The van der Waals surface area contributed by atoms with Gasteiger partial charge in [-0.3, -0.25) is 4.79 Å². The van der Waals surface area contributed by atoms with Crippen molar-refractivity contribution >= 4 is 15.7 Å². The molecule has 0 spiro atoms. The summed E-state index contributed by atoms with van der Waals surface area (Å²) in [6.07, 6.45) is 2.86. The highest BCUT2D eigenvalue weighted by atomic mass is 32.2. The lowest BCUT2D eigenvalue weighted by atomic mass is 10.2. The van der Waals surface area contributed by atoms with Gasteiger partial charge in [-0.15, -0.1) is 0 Å². The first-order chi connectivity index (χ1) is 8.55. The molecule has 2 aliphatic heterocycles. The summed E-state index contributed by atoms with van der Waals surface area (Å²) in [5.74, 6) is 0.112. The van der Waals surface area contributed by atoms with E-state index in [0.717, 1.165) is 19.4 Å². The molecule has 0 unspecified atom stereocenters. The lowest BCUT2D eigenvalue weighted by molar-refractivity contribution is -0.120. The Morgan fingerprint density at radius 2 is 2.17 bits per heavy atom. The molecule has 0 radical (unpaired) electrons. The average molecular weight is 276 g/mol. The van der Waals surface area contributed by atoms with Gasteiger partial charge in [-0.2, -0.15) is 0 Å². The highest BCUT2D eigenvalue weighted by molar-refractivity contribution is 7.91. The predicted octanol–water partition coefficient (Wildman–Crippen LogP) is -0.942. The Balaban J connectivity index is 1.60. The molecule has 2 aliphatic rings. The van der Waals surface area contributed by atoms with Crippen LogP contribution in [-0.4, -0.2) is 57.7 Å². The summed E-state index contributed by atoms with van der Waals surface area (Å²) >= 11 is 0. The third-order valence-corrected chi connectivity index (χ3v) is 5.05. The molecule has 0 aromatic heterocycles. The van der Waals surface area contributed by atoms with E-state index in [9.17, 15) is 13.2 Å². The summed E-state index contributed by atoms with van der Waals surface area (Å²) in [5.41, 5.74) is 0. The molecule has 0 bridgehead atoms. The zero-order valence-corrected chi connectivity index (χ0v) is 11.2. The summed E-state index contributed by atoms with van der Waals surface area (Å²) in [6.45, 7) is 1.70. The van der Waals surface area contributed by atoms with Crippen molar-refractivity contribution in [3.8, 4) is 0 Å². The predicted molar refractivity (Wildman–Crippen MR) is 67.0 cm³/mol.